The Kier molecular flexibility index (Phi) is 5.20. The molecule has 3 rings (SSSR count). The van der Waals surface area contributed by atoms with Crippen molar-refractivity contribution < 1.29 is 19.2 Å². The van der Waals surface area contributed by atoms with Crippen LogP contribution in [0.3, 0.4) is 0 Å². The molecule has 0 aliphatic carbocycles. The van der Waals surface area contributed by atoms with Gasteiger partial charge in [-0.3, -0.25) is 19.3 Å². The molecular formula is C20H18ClN3O4. The van der Waals surface area contributed by atoms with Gasteiger partial charge < -0.3 is 10.6 Å². The molecule has 7 nitrogen and oxygen atoms in total. The average Bonchev–Trinajstić information content (AvgIpc) is 2.86. The van der Waals surface area contributed by atoms with Crippen LogP contribution in [0.1, 0.15) is 29.8 Å². The molecule has 1 atom stereocenters. The topological polar surface area (TPSA) is 95.6 Å². The zero-order valence-corrected chi connectivity index (χ0v) is 16.0. The number of hydrogen-bond acceptors (Lipinski definition) is 4. The number of ketones is 1. The number of benzene rings is 2. The van der Waals surface area contributed by atoms with Gasteiger partial charge in [-0.25, -0.2) is 4.79 Å². The van der Waals surface area contributed by atoms with Crippen molar-refractivity contribution in [1.82, 2.24) is 10.2 Å². The molecule has 28 heavy (non-hydrogen) atoms. The molecule has 0 spiro atoms. The second-order valence-electron chi connectivity index (χ2n) is 6.60. The zero-order valence-electron chi connectivity index (χ0n) is 15.3. The minimum atomic E-state index is -1.29. The second-order valence-corrected chi connectivity index (χ2v) is 7.04. The van der Waals surface area contributed by atoms with E-state index in [2.05, 4.69) is 10.6 Å². The number of Topliss-reactive ketones (excluding diaryl/α,β-unsaturated/α-hetero) is 1. The lowest BCUT2D eigenvalue weighted by atomic mass is 9.92. The van der Waals surface area contributed by atoms with Crippen molar-refractivity contribution in [2.24, 2.45) is 0 Å². The second kappa shape index (κ2) is 7.44. The van der Waals surface area contributed by atoms with E-state index in [1.165, 1.54) is 6.92 Å². The molecule has 1 unspecified atom stereocenters. The van der Waals surface area contributed by atoms with Crippen LogP contribution in [0.2, 0.25) is 5.02 Å². The number of rotatable bonds is 5. The molecule has 4 amide bonds. The summed E-state index contributed by atoms with van der Waals surface area (Å²) in [6.45, 7) is 2.49. The van der Waals surface area contributed by atoms with Gasteiger partial charge in [0.25, 0.3) is 5.91 Å². The van der Waals surface area contributed by atoms with Crippen molar-refractivity contribution in [3.63, 3.8) is 0 Å². The minimum Gasteiger partial charge on any atom is -0.324 e. The predicted octanol–water partition coefficient (Wildman–Crippen LogP) is 2.95. The van der Waals surface area contributed by atoms with E-state index in [0.717, 1.165) is 4.90 Å². The van der Waals surface area contributed by atoms with Crippen LogP contribution in [-0.4, -0.2) is 35.1 Å². The smallest absolute Gasteiger partial charge is 0.324 e. The fourth-order valence-corrected chi connectivity index (χ4v) is 3.18. The molecule has 1 aliphatic rings. The van der Waals surface area contributed by atoms with Gasteiger partial charge in [0.1, 0.15) is 12.1 Å². The fraction of sp³-hybridized carbons (Fsp3) is 0.200. The molecule has 0 saturated carbocycles. The average molecular weight is 400 g/mol. The normalized spacial score (nSPS) is 18.8. The first kappa shape index (κ1) is 19.6. The Bertz CT molecular complexity index is 974. The largest absolute Gasteiger partial charge is 0.325 e. The summed E-state index contributed by atoms with van der Waals surface area (Å²) >= 11 is 5.88. The summed E-state index contributed by atoms with van der Waals surface area (Å²) < 4.78 is 0. The van der Waals surface area contributed by atoms with E-state index in [4.69, 9.17) is 11.6 Å². The van der Waals surface area contributed by atoms with Gasteiger partial charge in [-0.1, -0.05) is 35.9 Å². The summed E-state index contributed by atoms with van der Waals surface area (Å²) in [7, 11) is 0. The van der Waals surface area contributed by atoms with E-state index in [1.54, 1.807) is 55.5 Å². The lowest BCUT2D eigenvalue weighted by molar-refractivity contribution is -0.133. The number of nitrogens with zero attached hydrogens (tertiary/aromatic N) is 1. The number of nitrogens with one attached hydrogen (secondary N) is 2. The van der Waals surface area contributed by atoms with Gasteiger partial charge in [0.05, 0.1) is 5.69 Å². The molecule has 2 aromatic carbocycles. The fourth-order valence-electron chi connectivity index (χ4n) is 3.05. The monoisotopic (exact) mass is 399 g/mol. The third-order valence-corrected chi connectivity index (χ3v) is 4.83. The first-order valence-corrected chi connectivity index (χ1v) is 8.90. The highest BCUT2D eigenvalue weighted by Gasteiger charge is 2.49. The number of carbonyl (C=O) groups is 4. The molecule has 8 heteroatoms. The van der Waals surface area contributed by atoms with E-state index in [9.17, 15) is 19.2 Å². The number of amides is 4. The van der Waals surface area contributed by atoms with Crippen LogP contribution in [0.5, 0.6) is 0 Å². The van der Waals surface area contributed by atoms with Gasteiger partial charge in [-0.05, 0) is 43.7 Å². The van der Waals surface area contributed by atoms with Crippen molar-refractivity contribution >= 4 is 40.9 Å². The summed E-state index contributed by atoms with van der Waals surface area (Å²) in [5.41, 5.74) is -0.0640. The van der Waals surface area contributed by atoms with Crippen LogP contribution in [0.15, 0.2) is 48.5 Å². The third-order valence-electron chi connectivity index (χ3n) is 4.58. The maximum Gasteiger partial charge on any atom is 0.325 e. The molecule has 2 aromatic rings. The van der Waals surface area contributed by atoms with Crippen molar-refractivity contribution in [3.05, 3.63) is 64.7 Å². The van der Waals surface area contributed by atoms with Crippen molar-refractivity contribution in [1.29, 1.82) is 0 Å². The zero-order chi connectivity index (χ0) is 20.5. The number of para-hydroxylation sites is 1. The van der Waals surface area contributed by atoms with E-state index in [-0.39, 0.29) is 5.78 Å². The van der Waals surface area contributed by atoms with E-state index in [0.29, 0.717) is 21.8 Å². The standard InChI is InChI=1S/C20H18ClN3O4/c1-12(25)15-5-3-4-6-16(15)22-17(26)11-24-18(27)20(2,23-19(24)28)13-7-9-14(21)10-8-13/h3-10H,11H2,1-2H3,(H,22,26)(H,23,28). The SMILES string of the molecule is CC(=O)c1ccccc1NC(=O)CN1C(=O)NC(C)(c2ccc(Cl)cc2)C1=O. The van der Waals surface area contributed by atoms with Crippen molar-refractivity contribution in [2.75, 3.05) is 11.9 Å². The van der Waals surface area contributed by atoms with Crippen LogP contribution < -0.4 is 10.6 Å². The molecule has 1 heterocycles. The lowest BCUT2D eigenvalue weighted by Gasteiger charge is -2.22. The van der Waals surface area contributed by atoms with Crippen LogP contribution >= 0.6 is 11.6 Å². The molecule has 1 aliphatic heterocycles. The van der Waals surface area contributed by atoms with Gasteiger partial charge >= 0.3 is 6.03 Å². The maximum atomic E-state index is 12.9. The Morgan fingerprint density at radius 3 is 2.39 bits per heavy atom. The summed E-state index contributed by atoms with van der Waals surface area (Å²) in [6.07, 6.45) is 0. The Hall–Kier alpha value is -3.19. The van der Waals surface area contributed by atoms with Crippen LogP contribution in [0, 0.1) is 0 Å². The molecule has 1 saturated heterocycles. The van der Waals surface area contributed by atoms with Gasteiger partial charge in [-0.2, -0.15) is 0 Å². The molecule has 0 aromatic heterocycles. The summed E-state index contributed by atoms with van der Waals surface area (Å²) in [5, 5.41) is 5.71. The number of hydrogen-bond donors (Lipinski definition) is 2. The number of anilines is 1. The van der Waals surface area contributed by atoms with Crippen LogP contribution in [-0.2, 0) is 15.1 Å². The first-order chi connectivity index (χ1) is 13.2. The Morgan fingerprint density at radius 2 is 1.75 bits per heavy atom. The Labute approximate surface area is 166 Å². The summed E-state index contributed by atoms with van der Waals surface area (Å²) in [6, 6.07) is 12.4. The van der Waals surface area contributed by atoms with E-state index in [1.807, 2.05) is 0 Å². The molecule has 2 N–H and O–H groups in total. The lowest BCUT2D eigenvalue weighted by Crippen LogP contribution is -2.42. The summed E-state index contributed by atoms with van der Waals surface area (Å²) in [4.78, 5) is 50.1. The molecule has 0 radical (unpaired) electrons. The quantitative estimate of drug-likeness (QED) is 0.596. The highest BCUT2D eigenvalue weighted by molar-refractivity contribution is 6.30. The van der Waals surface area contributed by atoms with E-state index < -0.39 is 29.9 Å². The predicted molar refractivity (Wildman–Crippen MR) is 104 cm³/mol. The molecular weight excluding hydrogens is 382 g/mol. The molecule has 0 bridgehead atoms. The van der Waals surface area contributed by atoms with Crippen LogP contribution in [0.4, 0.5) is 10.5 Å². The third kappa shape index (κ3) is 3.61. The highest BCUT2D eigenvalue weighted by Crippen LogP contribution is 2.29. The van der Waals surface area contributed by atoms with Crippen molar-refractivity contribution in [3.8, 4) is 0 Å². The Morgan fingerprint density at radius 1 is 1.11 bits per heavy atom. The van der Waals surface area contributed by atoms with Crippen LogP contribution in [0.25, 0.3) is 0 Å². The van der Waals surface area contributed by atoms with Gasteiger partial charge in [-0.15, -0.1) is 0 Å². The molecule has 1 fully saturated rings. The van der Waals surface area contributed by atoms with Gasteiger partial charge in [0.2, 0.25) is 5.91 Å². The highest BCUT2D eigenvalue weighted by atomic mass is 35.5. The molecule has 144 valence electrons. The first-order valence-electron chi connectivity index (χ1n) is 8.52. The van der Waals surface area contributed by atoms with E-state index >= 15 is 0 Å². The minimum absolute atomic E-state index is 0.207. The Balaban J connectivity index is 1.77. The number of imide groups is 1. The van der Waals surface area contributed by atoms with Crippen molar-refractivity contribution in [2.45, 2.75) is 19.4 Å². The number of carbonyl (C=O) groups excluding carboxylic acids is 4. The number of urea groups is 1. The number of halogens is 1. The van der Waals surface area contributed by atoms with Gasteiger partial charge in [0, 0.05) is 10.6 Å². The summed E-state index contributed by atoms with van der Waals surface area (Å²) in [5.74, 6) is -1.34. The van der Waals surface area contributed by atoms with Gasteiger partial charge in [0.15, 0.2) is 5.78 Å². The maximum absolute atomic E-state index is 12.9.